The second kappa shape index (κ2) is 6.10. The number of ether oxygens (including phenoxy) is 2. The quantitative estimate of drug-likeness (QED) is 0.889. The molecule has 1 aromatic carbocycles. The van der Waals surface area contributed by atoms with Gasteiger partial charge < -0.3 is 14.8 Å². The van der Waals surface area contributed by atoms with Crippen LogP contribution < -0.4 is 14.8 Å². The van der Waals surface area contributed by atoms with E-state index in [1.165, 1.54) is 5.56 Å². The second-order valence-corrected chi connectivity index (χ2v) is 5.06. The lowest BCUT2D eigenvalue weighted by atomic mass is 10.0. The Morgan fingerprint density at radius 2 is 2.00 bits per heavy atom. The number of hydrogen-bond acceptors (Lipinski definition) is 3. The van der Waals surface area contributed by atoms with E-state index in [4.69, 9.17) is 9.47 Å². The highest BCUT2D eigenvalue weighted by atomic mass is 16.5. The first-order chi connectivity index (χ1) is 8.74. The summed E-state index contributed by atoms with van der Waals surface area (Å²) in [6.45, 7) is 5.81. The first kappa shape index (κ1) is 13.2. The van der Waals surface area contributed by atoms with Gasteiger partial charge >= 0.3 is 0 Å². The monoisotopic (exact) mass is 249 g/mol. The molecule has 2 unspecified atom stereocenters. The molecule has 0 fully saturated rings. The van der Waals surface area contributed by atoms with Crippen LogP contribution >= 0.6 is 0 Å². The highest BCUT2D eigenvalue weighted by molar-refractivity contribution is 5.44. The van der Waals surface area contributed by atoms with Crippen molar-refractivity contribution in [3.05, 3.63) is 23.8 Å². The Morgan fingerprint density at radius 3 is 2.67 bits per heavy atom. The normalized spacial score (nSPS) is 20.3. The summed E-state index contributed by atoms with van der Waals surface area (Å²) in [5.74, 6) is 2.19. The summed E-state index contributed by atoms with van der Waals surface area (Å²) in [6.07, 6.45) is 2.30. The van der Waals surface area contributed by atoms with Crippen molar-refractivity contribution in [2.45, 2.75) is 32.7 Å². The summed E-state index contributed by atoms with van der Waals surface area (Å²) in [4.78, 5) is 0. The van der Waals surface area contributed by atoms with Gasteiger partial charge in [-0.1, -0.05) is 26.3 Å². The van der Waals surface area contributed by atoms with Crippen LogP contribution in [0.3, 0.4) is 0 Å². The molecule has 0 aromatic heterocycles. The molecule has 0 spiro atoms. The average Bonchev–Trinajstić information content (AvgIpc) is 2.58. The summed E-state index contributed by atoms with van der Waals surface area (Å²) in [5.41, 5.74) is 1.27. The number of rotatable bonds is 4. The van der Waals surface area contributed by atoms with Gasteiger partial charge in [-0.15, -0.1) is 0 Å². The Morgan fingerprint density at radius 1 is 1.28 bits per heavy atom. The molecule has 2 rings (SSSR count). The molecule has 0 saturated heterocycles. The van der Waals surface area contributed by atoms with Crippen molar-refractivity contribution >= 4 is 0 Å². The van der Waals surface area contributed by atoms with Crippen LogP contribution in [0.5, 0.6) is 11.5 Å². The van der Waals surface area contributed by atoms with Crippen LogP contribution in [0, 0.1) is 5.92 Å². The fourth-order valence-corrected chi connectivity index (χ4v) is 2.25. The maximum Gasteiger partial charge on any atom is 0.161 e. The zero-order valence-electron chi connectivity index (χ0n) is 11.5. The van der Waals surface area contributed by atoms with E-state index in [1.54, 1.807) is 0 Å². The van der Waals surface area contributed by atoms with Gasteiger partial charge in [0.1, 0.15) is 0 Å². The summed E-state index contributed by atoms with van der Waals surface area (Å²) >= 11 is 0. The third kappa shape index (κ3) is 2.96. The summed E-state index contributed by atoms with van der Waals surface area (Å²) in [6, 6.07) is 6.67. The van der Waals surface area contributed by atoms with Crippen molar-refractivity contribution in [1.29, 1.82) is 0 Å². The largest absolute Gasteiger partial charge is 0.489 e. The molecule has 0 bridgehead atoms. The number of fused-ring (bicyclic) bond motifs is 1. The van der Waals surface area contributed by atoms with Crippen molar-refractivity contribution < 1.29 is 9.47 Å². The topological polar surface area (TPSA) is 30.5 Å². The first-order valence-electron chi connectivity index (χ1n) is 6.81. The molecule has 0 radical (unpaired) electrons. The van der Waals surface area contributed by atoms with Crippen LogP contribution in [-0.2, 0) is 0 Å². The maximum atomic E-state index is 5.82. The number of hydrogen-bond donors (Lipinski definition) is 1. The van der Waals surface area contributed by atoms with Gasteiger partial charge in [0.15, 0.2) is 11.5 Å². The van der Waals surface area contributed by atoms with Crippen molar-refractivity contribution in [2.24, 2.45) is 5.92 Å². The van der Waals surface area contributed by atoms with Gasteiger partial charge in [-0.25, -0.2) is 0 Å². The predicted octanol–water partition coefficient (Wildman–Crippen LogP) is 3.15. The Balaban J connectivity index is 2.20. The summed E-state index contributed by atoms with van der Waals surface area (Å²) in [7, 11) is 2.01. The highest BCUT2D eigenvalue weighted by Crippen LogP contribution is 2.33. The zero-order chi connectivity index (χ0) is 13.0. The molecule has 1 aliphatic heterocycles. The fourth-order valence-electron chi connectivity index (χ4n) is 2.25. The lowest BCUT2D eigenvalue weighted by Crippen LogP contribution is -2.16. The number of benzene rings is 1. The lowest BCUT2D eigenvalue weighted by Gasteiger charge is -2.17. The van der Waals surface area contributed by atoms with Crippen molar-refractivity contribution in [3.63, 3.8) is 0 Å². The Hall–Kier alpha value is -1.22. The van der Waals surface area contributed by atoms with Gasteiger partial charge in [-0.2, -0.15) is 0 Å². The van der Waals surface area contributed by atoms with Gasteiger partial charge in [0, 0.05) is 12.0 Å². The van der Waals surface area contributed by atoms with Crippen molar-refractivity contribution in [3.8, 4) is 11.5 Å². The summed E-state index contributed by atoms with van der Waals surface area (Å²) < 4.78 is 11.6. The van der Waals surface area contributed by atoms with E-state index in [-0.39, 0.29) is 0 Å². The zero-order valence-corrected chi connectivity index (χ0v) is 11.5. The molecule has 3 heteroatoms. The van der Waals surface area contributed by atoms with Gasteiger partial charge in [-0.3, -0.25) is 0 Å². The third-order valence-corrected chi connectivity index (χ3v) is 3.34. The molecule has 18 heavy (non-hydrogen) atoms. The van der Waals surface area contributed by atoms with Crippen molar-refractivity contribution in [2.75, 3.05) is 20.3 Å². The van der Waals surface area contributed by atoms with Crippen LogP contribution in [0.1, 0.15) is 38.3 Å². The van der Waals surface area contributed by atoms with Crippen LogP contribution in [-0.4, -0.2) is 20.3 Å². The van der Waals surface area contributed by atoms with E-state index in [0.29, 0.717) is 12.0 Å². The van der Waals surface area contributed by atoms with Crippen LogP contribution in [0.25, 0.3) is 0 Å². The molecule has 1 aromatic rings. The minimum absolute atomic E-state index is 0.393. The highest BCUT2D eigenvalue weighted by Gasteiger charge is 2.17. The molecule has 3 nitrogen and oxygen atoms in total. The van der Waals surface area contributed by atoms with E-state index in [2.05, 4.69) is 31.3 Å². The first-order valence-corrected chi connectivity index (χ1v) is 6.81. The van der Waals surface area contributed by atoms with Crippen molar-refractivity contribution in [1.82, 2.24) is 5.32 Å². The average molecular weight is 249 g/mol. The molecule has 2 atom stereocenters. The molecule has 1 heterocycles. The molecule has 0 saturated carbocycles. The minimum Gasteiger partial charge on any atom is -0.489 e. The standard InChI is InChI=1S/C15H23NO2/c1-4-5-13(16-3)12-6-7-14-15(8-12)18-10-11(2)9-17-14/h6-8,11,13,16H,4-5,9-10H2,1-3H3. The molecular formula is C15H23NO2. The molecule has 0 aliphatic carbocycles. The maximum absolute atomic E-state index is 5.82. The van der Waals surface area contributed by atoms with Crippen LogP contribution in [0.4, 0.5) is 0 Å². The smallest absolute Gasteiger partial charge is 0.161 e. The van der Waals surface area contributed by atoms with Gasteiger partial charge in [0.2, 0.25) is 0 Å². The van der Waals surface area contributed by atoms with E-state index in [0.717, 1.165) is 37.6 Å². The molecule has 1 N–H and O–H groups in total. The Kier molecular flexibility index (Phi) is 4.48. The molecule has 1 aliphatic rings. The third-order valence-electron chi connectivity index (χ3n) is 3.34. The van der Waals surface area contributed by atoms with Crippen LogP contribution in [0.2, 0.25) is 0 Å². The minimum atomic E-state index is 0.393. The lowest BCUT2D eigenvalue weighted by molar-refractivity contribution is 0.228. The summed E-state index contributed by atoms with van der Waals surface area (Å²) in [5, 5.41) is 3.35. The van der Waals surface area contributed by atoms with Gasteiger partial charge in [0.25, 0.3) is 0 Å². The predicted molar refractivity (Wildman–Crippen MR) is 73.3 cm³/mol. The molecule has 100 valence electrons. The van der Waals surface area contributed by atoms with E-state index >= 15 is 0 Å². The second-order valence-electron chi connectivity index (χ2n) is 5.06. The fraction of sp³-hybridized carbons (Fsp3) is 0.600. The number of nitrogens with one attached hydrogen (secondary N) is 1. The molecule has 0 amide bonds. The van der Waals surface area contributed by atoms with E-state index in [9.17, 15) is 0 Å². The SMILES string of the molecule is CCCC(NC)c1ccc2c(c1)OCC(C)CO2. The van der Waals surface area contributed by atoms with Gasteiger partial charge in [0.05, 0.1) is 13.2 Å². The van der Waals surface area contributed by atoms with E-state index < -0.39 is 0 Å². The Bertz CT molecular complexity index is 392. The Labute approximate surface area is 109 Å². The van der Waals surface area contributed by atoms with Gasteiger partial charge in [-0.05, 0) is 31.2 Å². The van der Waals surface area contributed by atoms with E-state index in [1.807, 2.05) is 13.1 Å². The van der Waals surface area contributed by atoms with Crippen LogP contribution in [0.15, 0.2) is 18.2 Å². The molecular weight excluding hydrogens is 226 g/mol.